The van der Waals surface area contributed by atoms with Crippen LogP contribution in [0.5, 0.6) is 0 Å². The van der Waals surface area contributed by atoms with Gasteiger partial charge in [0, 0.05) is 18.5 Å². The highest BCUT2D eigenvalue weighted by molar-refractivity contribution is 7.89. The van der Waals surface area contributed by atoms with Crippen molar-refractivity contribution in [2.45, 2.75) is 31.1 Å². The second kappa shape index (κ2) is 7.25. The van der Waals surface area contributed by atoms with Crippen molar-refractivity contribution in [2.24, 2.45) is 0 Å². The highest BCUT2D eigenvalue weighted by Crippen LogP contribution is 2.35. The number of para-hydroxylation sites is 1. The number of carbonyl (C=O) groups excluding carboxylic acids is 2. The molecule has 0 aliphatic carbocycles. The van der Waals surface area contributed by atoms with Gasteiger partial charge in [0.1, 0.15) is 0 Å². The van der Waals surface area contributed by atoms with Crippen LogP contribution in [0.3, 0.4) is 0 Å². The number of sulfonamides is 1. The van der Waals surface area contributed by atoms with Crippen molar-refractivity contribution in [2.75, 3.05) is 18.0 Å². The van der Waals surface area contributed by atoms with Crippen LogP contribution >= 0.6 is 0 Å². The Morgan fingerprint density at radius 2 is 1.55 bits per heavy atom. The summed E-state index contributed by atoms with van der Waals surface area (Å²) in [4.78, 5) is 32.2. The highest BCUT2D eigenvalue weighted by Gasteiger charge is 2.40. The zero-order valence-electron chi connectivity index (χ0n) is 17.0. The van der Waals surface area contributed by atoms with Crippen molar-refractivity contribution in [3.63, 3.8) is 0 Å². The molecule has 1 aromatic heterocycles. The quantitative estimate of drug-likeness (QED) is 0.588. The van der Waals surface area contributed by atoms with Gasteiger partial charge >= 0.3 is 0 Å². The van der Waals surface area contributed by atoms with Gasteiger partial charge in [0.05, 0.1) is 32.9 Å². The Bertz CT molecular complexity index is 1330. The van der Waals surface area contributed by atoms with Gasteiger partial charge in [-0.25, -0.2) is 13.3 Å². The molecule has 0 saturated carbocycles. The third-order valence-electron chi connectivity index (χ3n) is 5.94. The fourth-order valence-electron chi connectivity index (χ4n) is 4.39. The minimum atomic E-state index is -3.68. The number of hydrogen-bond donors (Lipinski definition) is 0. The zero-order valence-corrected chi connectivity index (χ0v) is 17.9. The Morgan fingerprint density at radius 3 is 2.26 bits per heavy atom. The van der Waals surface area contributed by atoms with Crippen LogP contribution in [0.1, 0.15) is 45.7 Å². The lowest BCUT2D eigenvalue weighted by molar-refractivity contribution is 0.0926. The summed E-state index contributed by atoms with van der Waals surface area (Å²) in [7, 11) is -3.68. The maximum Gasteiger partial charge on any atom is 0.268 e. The van der Waals surface area contributed by atoms with Crippen molar-refractivity contribution < 1.29 is 18.0 Å². The average Bonchev–Trinajstić information content (AvgIpc) is 3.06. The molecule has 1 saturated heterocycles. The second-order valence-electron chi connectivity index (χ2n) is 7.87. The summed E-state index contributed by atoms with van der Waals surface area (Å²) >= 11 is 0. The second-order valence-corrected chi connectivity index (χ2v) is 9.81. The summed E-state index contributed by atoms with van der Waals surface area (Å²) in [6, 6.07) is 13.3. The number of rotatable bonds is 3. The van der Waals surface area contributed by atoms with E-state index < -0.39 is 21.8 Å². The van der Waals surface area contributed by atoms with Crippen LogP contribution in [-0.4, -0.2) is 42.6 Å². The molecule has 2 aromatic carbocycles. The summed E-state index contributed by atoms with van der Waals surface area (Å²) in [6.45, 7) is 2.67. The van der Waals surface area contributed by atoms with Crippen LogP contribution < -0.4 is 4.90 Å². The van der Waals surface area contributed by atoms with E-state index in [1.165, 1.54) is 16.4 Å². The topological polar surface area (TPSA) is 87.7 Å². The minimum Gasteiger partial charge on any atom is -0.268 e. The van der Waals surface area contributed by atoms with E-state index in [1.54, 1.807) is 37.3 Å². The largest absolute Gasteiger partial charge is 0.268 e. The number of anilines is 1. The van der Waals surface area contributed by atoms with E-state index in [1.807, 2.05) is 6.07 Å². The zero-order chi connectivity index (χ0) is 21.8. The van der Waals surface area contributed by atoms with E-state index in [-0.39, 0.29) is 16.0 Å². The monoisotopic (exact) mass is 435 g/mol. The molecular weight excluding hydrogens is 414 g/mol. The van der Waals surface area contributed by atoms with Gasteiger partial charge in [-0.05, 0) is 50.1 Å². The van der Waals surface area contributed by atoms with Crippen molar-refractivity contribution in [3.8, 4) is 0 Å². The lowest BCUT2D eigenvalue weighted by Crippen LogP contribution is -2.35. The molecule has 5 rings (SSSR count). The first-order valence-electron chi connectivity index (χ1n) is 10.3. The van der Waals surface area contributed by atoms with E-state index in [4.69, 9.17) is 0 Å². The van der Waals surface area contributed by atoms with Crippen molar-refractivity contribution >= 4 is 38.4 Å². The third-order valence-corrected chi connectivity index (χ3v) is 7.83. The van der Waals surface area contributed by atoms with Crippen LogP contribution in [0.4, 0.5) is 5.69 Å². The van der Waals surface area contributed by atoms with Crippen LogP contribution in [0, 0.1) is 6.92 Å². The first kappa shape index (κ1) is 19.8. The Hall–Kier alpha value is -3.10. The van der Waals surface area contributed by atoms with Gasteiger partial charge in [0.15, 0.2) is 0 Å². The maximum atomic E-state index is 13.4. The molecule has 0 radical (unpaired) electrons. The summed E-state index contributed by atoms with van der Waals surface area (Å²) in [5, 5.41) is 0.385. The molecule has 0 bridgehead atoms. The Labute approximate surface area is 180 Å². The smallest absolute Gasteiger partial charge is 0.268 e. The molecule has 2 amide bonds. The summed E-state index contributed by atoms with van der Waals surface area (Å²) in [5.74, 6) is -0.906. The van der Waals surface area contributed by atoms with Gasteiger partial charge < -0.3 is 0 Å². The van der Waals surface area contributed by atoms with Crippen LogP contribution in [0.2, 0.25) is 0 Å². The Morgan fingerprint density at radius 1 is 0.871 bits per heavy atom. The highest BCUT2D eigenvalue weighted by atomic mass is 32.2. The number of aryl methyl sites for hydroxylation is 1. The molecule has 3 heterocycles. The molecule has 3 aromatic rings. The van der Waals surface area contributed by atoms with E-state index in [0.29, 0.717) is 35.4 Å². The van der Waals surface area contributed by atoms with Gasteiger partial charge in [-0.3, -0.25) is 14.6 Å². The van der Waals surface area contributed by atoms with E-state index >= 15 is 0 Å². The van der Waals surface area contributed by atoms with E-state index in [0.717, 1.165) is 24.2 Å². The predicted octanol–water partition coefficient (Wildman–Crippen LogP) is 3.52. The summed E-state index contributed by atoms with van der Waals surface area (Å²) in [6.07, 6.45) is 2.69. The maximum absolute atomic E-state index is 13.4. The van der Waals surface area contributed by atoms with Crippen molar-refractivity contribution in [1.29, 1.82) is 0 Å². The van der Waals surface area contributed by atoms with Crippen molar-refractivity contribution in [1.82, 2.24) is 9.29 Å². The molecule has 0 unspecified atom stereocenters. The van der Waals surface area contributed by atoms with Crippen molar-refractivity contribution in [3.05, 3.63) is 65.4 Å². The number of amides is 2. The van der Waals surface area contributed by atoms with Gasteiger partial charge in [0.25, 0.3) is 11.8 Å². The number of benzene rings is 2. The molecule has 0 atom stereocenters. The number of piperidine rings is 1. The molecule has 0 N–H and O–H groups in total. The molecule has 1 fully saturated rings. The number of pyridine rings is 1. The van der Waals surface area contributed by atoms with Crippen LogP contribution in [0.15, 0.2) is 53.4 Å². The van der Waals surface area contributed by atoms with Gasteiger partial charge in [-0.1, -0.05) is 24.6 Å². The van der Waals surface area contributed by atoms with E-state index in [9.17, 15) is 18.0 Å². The number of nitrogens with zero attached hydrogens (tertiary/aromatic N) is 3. The third kappa shape index (κ3) is 3.05. The normalized spacial score (nSPS) is 17.4. The molecule has 2 aliphatic heterocycles. The molecule has 2 aliphatic rings. The SMILES string of the molecule is Cc1nc2ccc(S(=O)(=O)N3CCCCC3)cc2c2c1C(=O)N(c1ccccc1)C2=O. The van der Waals surface area contributed by atoms with Crippen LogP contribution in [-0.2, 0) is 10.0 Å². The molecule has 158 valence electrons. The van der Waals surface area contributed by atoms with Crippen LogP contribution in [0.25, 0.3) is 10.9 Å². The van der Waals surface area contributed by atoms with E-state index in [2.05, 4.69) is 4.98 Å². The lowest BCUT2D eigenvalue weighted by Gasteiger charge is -2.26. The molecule has 31 heavy (non-hydrogen) atoms. The van der Waals surface area contributed by atoms with Gasteiger partial charge in [0.2, 0.25) is 10.0 Å². The fourth-order valence-corrected chi connectivity index (χ4v) is 5.93. The number of carbonyl (C=O) groups is 2. The Kier molecular flexibility index (Phi) is 4.64. The number of fused-ring (bicyclic) bond motifs is 3. The predicted molar refractivity (Wildman–Crippen MR) is 117 cm³/mol. The van der Waals surface area contributed by atoms with Gasteiger partial charge in [-0.15, -0.1) is 0 Å². The number of imide groups is 1. The standard InChI is InChI=1S/C23H21N3O4S/c1-15-20-21(23(28)26(22(20)27)16-8-4-2-5-9-16)18-14-17(10-11-19(18)24-15)31(29,30)25-12-6-3-7-13-25/h2,4-5,8-11,14H,3,6-7,12-13H2,1H3. The lowest BCUT2D eigenvalue weighted by atomic mass is 10.0. The fraction of sp³-hybridized carbons (Fsp3) is 0.261. The minimum absolute atomic E-state index is 0.119. The molecule has 7 nitrogen and oxygen atoms in total. The first-order chi connectivity index (χ1) is 14.9. The average molecular weight is 436 g/mol. The molecular formula is C23H21N3O4S. The molecule has 0 spiro atoms. The summed E-state index contributed by atoms with van der Waals surface area (Å²) in [5.41, 5.74) is 1.86. The summed E-state index contributed by atoms with van der Waals surface area (Å²) < 4.78 is 27.8. The number of aromatic nitrogens is 1. The number of hydrogen-bond acceptors (Lipinski definition) is 5. The first-order valence-corrected chi connectivity index (χ1v) is 11.7. The van der Waals surface area contributed by atoms with Gasteiger partial charge in [-0.2, -0.15) is 4.31 Å². The molecule has 8 heteroatoms. The Balaban J connectivity index is 1.68.